The minimum atomic E-state index is -1.62. The topological polar surface area (TPSA) is 63.6 Å². The molecular weight excluding hydrogens is 336 g/mol. The normalized spacial score (nSPS) is 13.5. The SMILES string of the molecule is CCCCCC(C(=O)O)(C(=O)OCC)c1ccc(Br)cc1. The molecule has 1 rings (SSSR count). The molecule has 0 saturated heterocycles. The van der Waals surface area contributed by atoms with E-state index in [9.17, 15) is 14.7 Å². The van der Waals surface area contributed by atoms with Gasteiger partial charge in [0, 0.05) is 4.47 Å². The van der Waals surface area contributed by atoms with Crippen molar-refractivity contribution < 1.29 is 19.4 Å². The van der Waals surface area contributed by atoms with Crippen LogP contribution in [0.15, 0.2) is 28.7 Å². The smallest absolute Gasteiger partial charge is 0.328 e. The van der Waals surface area contributed by atoms with E-state index >= 15 is 0 Å². The van der Waals surface area contributed by atoms with Crippen molar-refractivity contribution in [3.63, 3.8) is 0 Å². The maximum Gasteiger partial charge on any atom is 0.328 e. The summed E-state index contributed by atoms with van der Waals surface area (Å²) in [6.45, 7) is 3.88. The summed E-state index contributed by atoms with van der Waals surface area (Å²) in [5.74, 6) is -1.84. The molecule has 0 bridgehead atoms. The van der Waals surface area contributed by atoms with Crippen LogP contribution in [0, 0.1) is 0 Å². The van der Waals surface area contributed by atoms with Crippen molar-refractivity contribution in [3.05, 3.63) is 34.3 Å². The molecule has 0 amide bonds. The van der Waals surface area contributed by atoms with Crippen LogP contribution in [-0.4, -0.2) is 23.7 Å². The predicted molar refractivity (Wildman–Crippen MR) is 84.2 cm³/mol. The van der Waals surface area contributed by atoms with Crippen molar-refractivity contribution in [2.45, 2.75) is 44.9 Å². The van der Waals surface area contributed by atoms with Gasteiger partial charge in [0.2, 0.25) is 0 Å². The molecule has 0 aliphatic heterocycles. The molecule has 21 heavy (non-hydrogen) atoms. The first-order valence-corrected chi connectivity index (χ1v) is 7.95. The molecule has 0 radical (unpaired) electrons. The Balaban J connectivity index is 3.25. The Hall–Kier alpha value is -1.36. The van der Waals surface area contributed by atoms with Gasteiger partial charge in [0.1, 0.15) is 0 Å². The summed E-state index contributed by atoms with van der Waals surface area (Å²) in [5.41, 5.74) is -1.15. The molecule has 1 aromatic carbocycles. The van der Waals surface area contributed by atoms with Crippen LogP contribution in [0.4, 0.5) is 0 Å². The molecule has 0 aromatic heterocycles. The van der Waals surface area contributed by atoms with Gasteiger partial charge in [-0.1, -0.05) is 54.2 Å². The standard InChI is InChI=1S/C16H21BrO4/c1-3-5-6-11-16(14(18)19,15(20)21-4-2)12-7-9-13(17)10-8-12/h7-10H,3-6,11H2,1-2H3,(H,18,19). The highest BCUT2D eigenvalue weighted by Gasteiger charge is 2.48. The Morgan fingerprint density at radius 1 is 1.19 bits per heavy atom. The first-order valence-electron chi connectivity index (χ1n) is 7.15. The summed E-state index contributed by atoms with van der Waals surface area (Å²) < 4.78 is 5.89. The van der Waals surface area contributed by atoms with Crippen LogP contribution in [-0.2, 0) is 19.7 Å². The molecule has 0 aliphatic carbocycles. The first-order chi connectivity index (χ1) is 9.98. The number of esters is 1. The van der Waals surface area contributed by atoms with E-state index in [1.807, 2.05) is 6.92 Å². The van der Waals surface area contributed by atoms with E-state index in [2.05, 4.69) is 15.9 Å². The van der Waals surface area contributed by atoms with Crippen LogP contribution >= 0.6 is 15.9 Å². The number of unbranched alkanes of at least 4 members (excludes halogenated alkanes) is 2. The maximum atomic E-state index is 12.4. The average molecular weight is 357 g/mol. The number of carboxylic acid groups (broad SMARTS) is 1. The molecule has 1 N–H and O–H groups in total. The second-order valence-corrected chi connectivity index (χ2v) is 5.81. The third-order valence-corrected chi connectivity index (χ3v) is 4.01. The molecule has 0 aliphatic rings. The number of hydrogen-bond acceptors (Lipinski definition) is 3. The van der Waals surface area contributed by atoms with Crippen LogP contribution in [0.3, 0.4) is 0 Å². The van der Waals surface area contributed by atoms with Crippen LogP contribution in [0.25, 0.3) is 0 Å². The van der Waals surface area contributed by atoms with Crippen molar-refractivity contribution in [2.24, 2.45) is 0 Å². The number of carbonyl (C=O) groups excluding carboxylic acids is 1. The molecule has 1 atom stereocenters. The maximum absolute atomic E-state index is 12.4. The Morgan fingerprint density at radius 3 is 2.29 bits per heavy atom. The predicted octanol–water partition coefficient (Wildman–Crippen LogP) is 3.91. The minimum Gasteiger partial charge on any atom is -0.480 e. The summed E-state index contributed by atoms with van der Waals surface area (Å²) in [6, 6.07) is 6.82. The van der Waals surface area contributed by atoms with E-state index in [0.717, 1.165) is 17.3 Å². The van der Waals surface area contributed by atoms with Crippen LogP contribution in [0.5, 0.6) is 0 Å². The minimum absolute atomic E-state index is 0.165. The third kappa shape index (κ3) is 4.06. The summed E-state index contributed by atoms with van der Waals surface area (Å²) in [4.78, 5) is 24.3. The van der Waals surface area contributed by atoms with Gasteiger partial charge in [-0.05, 0) is 31.0 Å². The highest BCUT2D eigenvalue weighted by atomic mass is 79.9. The van der Waals surface area contributed by atoms with Gasteiger partial charge in [0.15, 0.2) is 5.41 Å². The van der Waals surface area contributed by atoms with Crippen LogP contribution in [0.2, 0.25) is 0 Å². The van der Waals surface area contributed by atoms with E-state index < -0.39 is 17.4 Å². The van der Waals surface area contributed by atoms with E-state index in [-0.39, 0.29) is 13.0 Å². The lowest BCUT2D eigenvalue weighted by Gasteiger charge is -2.27. The van der Waals surface area contributed by atoms with Crippen LogP contribution < -0.4 is 0 Å². The molecule has 1 aromatic rings. The van der Waals surface area contributed by atoms with Gasteiger partial charge >= 0.3 is 11.9 Å². The second kappa shape index (κ2) is 8.17. The second-order valence-electron chi connectivity index (χ2n) is 4.89. The number of hydrogen-bond donors (Lipinski definition) is 1. The third-order valence-electron chi connectivity index (χ3n) is 3.48. The van der Waals surface area contributed by atoms with Gasteiger partial charge in [0.05, 0.1) is 6.61 Å². The summed E-state index contributed by atoms with van der Waals surface area (Å²) in [5, 5.41) is 9.73. The van der Waals surface area contributed by atoms with Crippen LogP contribution in [0.1, 0.15) is 45.1 Å². The number of carbonyl (C=O) groups is 2. The van der Waals surface area contributed by atoms with Gasteiger partial charge in [-0.25, -0.2) is 0 Å². The molecule has 0 fully saturated rings. The Labute approximate surface area is 133 Å². The molecular formula is C16H21BrO4. The number of halogens is 1. The fourth-order valence-corrected chi connectivity index (χ4v) is 2.58. The molecule has 0 saturated carbocycles. The molecule has 0 heterocycles. The van der Waals surface area contributed by atoms with Gasteiger partial charge in [0.25, 0.3) is 0 Å². The lowest BCUT2D eigenvalue weighted by Crippen LogP contribution is -2.45. The van der Waals surface area contributed by atoms with Crippen molar-refractivity contribution >= 4 is 27.9 Å². The van der Waals surface area contributed by atoms with E-state index in [4.69, 9.17) is 4.74 Å². The number of rotatable bonds is 8. The number of ether oxygens (including phenoxy) is 1. The van der Waals surface area contributed by atoms with E-state index in [1.54, 1.807) is 31.2 Å². The lowest BCUT2D eigenvalue weighted by molar-refractivity contribution is -0.162. The highest BCUT2D eigenvalue weighted by molar-refractivity contribution is 9.10. The lowest BCUT2D eigenvalue weighted by atomic mass is 9.76. The first kappa shape index (κ1) is 17.7. The molecule has 5 heteroatoms. The van der Waals surface area contributed by atoms with Crippen molar-refractivity contribution in [3.8, 4) is 0 Å². The van der Waals surface area contributed by atoms with Gasteiger partial charge < -0.3 is 9.84 Å². The fourth-order valence-electron chi connectivity index (χ4n) is 2.31. The zero-order valence-electron chi connectivity index (χ0n) is 12.4. The average Bonchev–Trinajstić information content (AvgIpc) is 2.45. The summed E-state index contributed by atoms with van der Waals surface area (Å²) in [7, 11) is 0. The zero-order valence-corrected chi connectivity index (χ0v) is 14.0. The summed E-state index contributed by atoms with van der Waals surface area (Å²) in [6.07, 6.45) is 2.75. The van der Waals surface area contributed by atoms with Gasteiger partial charge in [-0.15, -0.1) is 0 Å². The number of aliphatic carboxylic acids is 1. The van der Waals surface area contributed by atoms with Crippen molar-refractivity contribution in [1.29, 1.82) is 0 Å². The Kier molecular flexibility index (Phi) is 6.89. The quantitative estimate of drug-likeness (QED) is 0.435. The Morgan fingerprint density at radius 2 is 1.81 bits per heavy atom. The van der Waals surface area contributed by atoms with Gasteiger partial charge in [-0.3, -0.25) is 9.59 Å². The summed E-state index contributed by atoms with van der Waals surface area (Å²) >= 11 is 3.32. The van der Waals surface area contributed by atoms with Crippen molar-refractivity contribution in [1.82, 2.24) is 0 Å². The number of carboxylic acids is 1. The Bertz CT molecular complexity index is 484. The van der Waals surface area contributed by atoms with E-state index in [0.29, 0.717) is 12.0 Å². The van der Waals surface area contributed by atoms with E-state index in [1.165, 1.54) is 0 Å². The van der Waals surface area contributed by atoms with Crippen molar-refractivity contribution in [2.75, 3.05) is 6.61 Å². The molecule has 4 nitrogen and oxygen atoms in total. The molecule has 116 valence electrons. The largest absolute Gasteiger partial charge is 0.480 e. The monoisotopic (exact) mass is 356 g/mol. The zero-order chi connectivity index (χ0) is 15.9. The molecule has 1 unspecified atom stereocenters. The fraction of sp³-hybridized carbons (Fsp3) is 0.500. The van der Waals surface area contributed by atoms with Gasteiger partial charge in [-0.2, -0.15) is 0 Å². The number of benzene rings is 1. The highest BCUT2D eigenvalue weighted by Crippen LogP contribution is 2.33. The molecule has 0 spiro atoms.